The van der Waals surface area contributed by atoms with Gasteiger partial charge in [-0.05, 0) is 18.2 Å². The van der Waals surface area contributed by atoms with Gasteiger partial charge in [-0.3, -0.25) is 24.7 Å². The molecule has 0 amide bonds. The number of para-hydroxylation sites is 1. The standard InChI is InChI=1S/C17H19N3O4S/c21-17(22)12-19-9-7-18(8-10-19)11-13-5-6-16(25-13)14-3-1-2-4-15(14)20(23)24/h1-6H,7-12H2,(H,21,22). The molecule has 0 radical (unpaired) electrons. The summed E-state index contributed by atoms with van der Waals surface area (Å²) in [7, 11) is 0. The van der Waals surface area contributed by atoms with Crippen LogP contribution in [0.25, 0.3) is 10.4 Å². The lowest BCUT2D eigenvalue weighted by molar-refractivity contribution is -0.384. The normalized spacial score (nSPS) is 16.0. The van der Waals surface area contributed by atoms with Crippen molar-refractivity contribution in [3.8, 4) is 10.4 Å². The molecular weight excluding hydrogens is 342 g/mol. The van der Waals surface area contributed by atoms with E-state index in [-0.39, 0.29) is 17.2 Å². The van der Waals surface area contributed by atoms with E-state index in [1.165, 1.54) is 6.07 Å². The number of nitro benzene ring substituents is 1. The Morgan fingerprint density at radius 3 is 2.48 bits per heavy atom. The van der Waals surface area contributed by atoms with Crippen molar-refractivity contribution in [1.82, 2.24) is 9.80 Å². The SMILES string of the molecule is O=C(O)CN1CCN(Cc2ccc(-c3ccccc3[N+](=O)[O-])s2)CC1. The van der Waals surface area contributed by atoms with Gasteiger partial charge in [0.25, 0.3) is 5.69 Å². The fraction of sp³-hybridized carbons (Fsp3) is 0.353. The predicted molar refractivity (Wildman–Crippen MR) is 95.8 cm³/mol. The maximum absolute atomic E-state index is 11.2. The Balaban J connectivity index is 1.64. The summed E-state index contributed by atoms with van der Waals surface area (Å²) < 4.78 is 0. The fourth-order valence-corrected chi connectivity index (χ4v) is 4.05. The summed E-state index contributed by atoms with van der Waals surface area (Å²) >= 11 is 1.57. The molecule has 0 aliphatic carbocycles. The van der Waals surface area contributed by atoms with Gasteiger partial charge in [0.1, 0.15) is 0 Å². The van der Waals surface area contributed by atoms with Gasteiger partial charge >= 0.3 is 5.97 Å². The van der Waals surface area contributed by atoms with Crippen molar-refractivity contribution in [3.63, 3.8) is 0 Å². The average Bonchev–Trinajstić information content (AvgIpc) is 3.04. The number of rotatable bonds is 6. The minimum Gasteiger partial charge on any atom is -0.480 e. The predicted octanol–water partition coefficient (Wildman–Crippen LogP) is 2.53. The maximum Gasteiger partial charge on any atom is 0.317 e. The largest absolute Gasteiger partial charge is 0.480 e. The van der Waals surface area contributed by atoms with E-state index in [0.29, 0.717) is 5.56 Å². The Labute approximate surface area is 149 Å². The summed E-state index contributed by atoms with van der Waals surface area (Å²) in [5.41, 5.74) is 0.771. The number of piperazine rings is 1. The van der Waals surface area contributed by atoms with Gasteiger partial charge in [-0.1, -0.05) is 12.1 Å². The molecule has 0 atom stereocenters. The molecule has 1 aromatic carbocycles. The minimum absolute atomic E-state index is 0.0919. The summed E-state index contributed by atoms with van der Waals surface area (Å²) in [6.07, 6.45) is 0. The number of nitro groups is 1. The molecule has 1 saturated heterocycles. The average molecular weight is 361 g/mol. The lowest BCUT2D eigenvalue weighted by Crippen LogP contribution is -2.47. The zero-order chi connectivity index (χ0) is 17.8. The van der Waals surface area contributed by atoms with Crippen LogP contribution in [0.15, 0.2) is 36.4 Å². The van der Waals surface area contributed by atoms with Gasteiger partial charge in [0.2, 0.25) is 0 Å². The summed E-state index contributed by atoms with van der Waals surface area (Å²) in [6.45, 7) is 4.02. The highest BCUT2D eigenvalue weighted by molar-refractivity contribution is 7.15. The third kappa shape index (κ3) is 4.41. The molecule has 1 fully saturated rings. The first-order valence-electron chi connectivity index (χ1n) is 8.02. The number of hydrogen-bond acceptors (Lipinski definition) is 6. The van der Waals surface area contributed by atoms with Gasteiger partial charge in [-0.15, -0.1) is 11.3 Å². The Hall–Kier alpha value is -2.29. The van der Waals surface area contributed by atoms with Crippen LogP contribution in [-0.4, -0.2) is 58.5 Å². The Morgan fingerprint density at radius 1 is 1.12 bits per heavy atom. The van der Waals surface area contributed by atoms with E-state index >= 15 is 0 Å². The second kappa shape index (κ2) is 7.73. The quantitative estimate of drug-likeness (QED) is 0.628. The minimum atomic E-state index is -0.791. The third-order valence-corrected chi connectivity index (χ3v) is 5.33. The van der Waals surface area contributed by atoms with Crippen molar-refractivity contribution in [2.45, 2.75) is 6.54 Å². The van der Waals surface area contributed by atoms with Crippen molar-refractivity contribution < 1.29 is 14.8 Å². The number of carboxylic acids is 1. The number of thiophene rings is 1. The van der Waals surface area contributed by atoms with Crippen LogP contribution < -0.4 is 0 Å². The van der Waals surface area contributed by atoms with E-state index in [2.05, 4.69) is 4.90 Å². The Kier molecular flexibility index (Phi) is 5.42. The third-order valence-electron chi connectivity index (χ3n) is 4.23. The van der Waals surface area contributed by atoms with Crippen molar-refractivity contribution in [2.75, 3.05) is 32.7 Å². The monoisotopic (exact) mass is 361 g/mol. The van der Waals surface area contributed by atoms with Crippen molar-refractivity contribution in [1.29, 1.82) is 0 Å². The molecule has 25 heavy (non-hydrogen) atoms. The van der Waals surface area contributed by atoms with Crippen molar-refractivity contribution in [3.05, 3.63) is 51.4 Å². The van der Waals surface area contributed by atoms with Gasteiger partial charge < -0.3 is 5.11 Å². The molecule has 2 aromatic rings. The Morgan fingerprint density at radius 2 is 1.80 bits per heavy atom. The molecule has 8 heteroatoms. The van der Waals surface area contributed by atoms with Crippen molar-refractivity contribution in [2.24, 2.45) is 0 Å². The van der Waals surface area contributed by atoms with E-state index in [4.69, 9.17) is 5.11 Å². The summed E-state index contributed by atoms with van der Waals surface area (Å²) in [5.74, 6) is -0.791. The molecule has 3 rings (SSSR count). The lowest BCUT2D eigenvalue weighted by atomic mass is 10.1. The first kappa shape index (κ1) is 17.5. The van der Waals surface area contributed by atoms with Crippen LogP contribution in [0.5, 0.6) is 0 Å². The van der Waals surface area contributed by atoms with Crippen LogP contribution in [0.3, 0.4) is 0 Å². The van der Waals surface area contributed by atoms with Gasteiger partial charge in [0, 0.05) is 48.5 Å². The van der Waals surface area contributed by atoms with E-state index in [0.717, 1.165) is 42.5 Å². The second-order valence-electron chi connectivity index (χ2n) is 5.99. The van der Waals surface area contributed by atoms with Crippen LogP contribution in [-0.2, 0) is 11.3 Å². The van der Waals surface area contributed by atoms with E-state index < -0.39 is 5.97 Å². The first-order chi connectivity index (χ1) is 12.0. The van der Waals surface area contributed by atoms with Crippen LogP contribution in [0.2, 0.25) is 0 Å². The fourth-order valence-electron chi connectivity index (χ4n) is 2.97. The number of carboxylic acid groups (broad SMARTS) is 1. The van der Waals surface area contributed by atoms with Gasteiger partial charge in [0.15, 0.2) is 0 Å². The number of nitrogens with zero attached hydrogens (tertiary/aromatic N) is 3. The van der Waals surface area contributed by atoms with Gasteiger partial charge in [-0.2, -0.15) is 0 Å². The number of aliphatic carboxylic acids is 1. The molecule has 0 spiro atoms. The second-order valence-corrected chi connectivity index (χ2v) is 7.15. The molecule has 1 aliphatic rings. The molecule has 1 aliphatic heterocycles. The van der Waals surface area contributed by atoms with E-state index in [9.17, 15) is 14.9 Å². The van der Waals surface area contributed by atoms with E-state index in [1.54, 1.807) is 23.5 Å². The zero-order valence-electron chi connectivity index (χ0n) is 13.6. The molecule has 2 heterocycles. The molecule has 0 bridgehead atoms. The number of benzene rings is 1. The highest BCUT2D eigenvalue weighted by atomic mass is 32.1. The molecular formula is C17H19N3O4S. The van der Waals surface area contributed by atoms with Crippen LogP contribution in [0.1, 0.15) is 4.88 Å². The Bertz CT molecular complexity index is 769. The lowest BCUT2D eigenvalue weighted by Gasteiger charge is -2.33. The molecule has 1 aromatic heterocycles. The topological polar surface area (TPSA) is 86.9 Å². The molecule has 0 saturated carbocycles. The number of carbonyl (C=O) groups is 1. The highest BCUT2D eigenvalue weighted by Crippen LogP contribution is 2.35. The summed E-state index contributed by atoms with van der Waals surface area (Å²) in [6, 6.07) is 10.7. The molecule has 132 valence electrons. The molecule has 0 unspecified atom stereocenters. The molecule has 7 nitrogen and oxygen atoms in total. The van der Waals surface area contributed by atoms with Gasteiger partial charge in [-0.25, -0.2) is 0 Å². The highest BCUT2D eigenvalue weighted by Gasteiger charge is 2.20. The number of hydrogen-bond donors (Lipinski definition) is 1. The summed E-state index contributed by atoms with van der Waals surface area (Å²) in [5, 5.41) is 20.0. The van der Waals surface area contributed by atoms with Gasteiger partial charge in [0.05, 0.1) is 17.0 Å². The molecule has 1 N–H and O–H groups in total. The summed E-state index contributed by atoms with van der Waals surface area (Å²) in [4.78, 5) is 27.9. The van der Waals surface area contributed by atoms with E-state index in [1.807, 2.05) is 23.1 Å². The maximum atomic E-state index is 11.2. The van der Waals surface area contributed by atoms with Crippen LogP contribution in [0.4, 0.5) is 5.69 Å². The first-order valence-corrected chi connectivity index (χ1v) is 8.83. The zero-order valence-corrected chi connectivity index (χ0v) is 14.4. The van der Waals surface area contributed by atoms with Crippen molar-refractivity contribution >= 4 is 23.0 Å². The smallest absolute Gasteiger partial charge is 0.317 e. The van der Waals surface area contributed by atoms with Crippen LogP contribution >= 0.6 is 11.3 Å². The van der Waals surface area contributed by atoms with Crippen LogP contribution in [0, 0.1) is 10.1 Å².